The van der Waals surface area contributed by atoms with Crippen LogP contribution in [0.5, 0.6) is 11.5 Å². The Bertz CT molecular complexity index is 1550. The van der Waals surface area contributed by atoms with Crippen molar-refractivity contribution in [2.24, 2.45) is 17.6 Å². The molecule has 7 N–H and O–H groups in total. The lowest BCUT2D eigenvalue weighted by Crippen LogP contribution is -2.66. The van der Waals surface area contributed by atoms with E-state index in [0.717, 1.165) is 32.2 Å². The molecular formula is C27H33N3O10S. The fourth-order valence-electron chi connectivity index (χ4n) is 7.16. The van der Waals surface area contributed by atoms with Crippen LogP contribution in [0.3, 0.4) is 0 Å². The highest BCUT2D eigenvalue weighted by Gasteiger charge is 2.64. The number of fused-ring (bicyclic) bond motifs is 3. The van der Waals surface area contributed by atoms with Crippen LogP contribution >= 0.6 is 0 Å². The van der Waals surface area contributed by atoms with E-state index in [-0.39, 0.29) is 35.8 Å². The van der Waals surface area contributed by atoms with Crippen LogP contribution in [-0.4, -0.2) is 89.3 Å². The van der Waals surface area contributed by atoms with E-state index in [1.54, 1.807) is 0 Å². The van der Waals surface area contributed by atoms with Gasteiger partial charge in [0.1, 0.15) is 28.6 Å². The Labute approximate surface area is 236 Å². The van der Waals surface area contributed by atoms with Crippen molar-refractivity contribution < 1.29 is 48.0 Å². The van der Waals surface area contributed by atoms with Gasteiger partial charge in [0, 0.05) is 28.7 Å². The largest absolute Gasteiger partial charge is 0.508 e. The maximum Gasteiger partial charge on any atom is 0.255 e. The minimum absolute atomic E-state index is 0.0312. The normalized spacial score (nSPS) is 30.2. The Hall–Kier alpha value is -3.46. The molecule has 0 spiro atoms. The molecule has 4 aliphatic rings. The Balaban J connectivity index is 1.71. The number of aliphatic hydroxyl groups excluding tert-OH is 2. The second kappa shape index (κ2) is 9.82. The van der Waals surface area contributed by atoms with Gasteiger partial charge in [0.05, 0.1) is 25.0 Å². The van der Waals surface area contributed by atoms with Crippen molar-refractivity contribution in [1.29, 1.82) is 0 Å². The van der Waals surface area contributed by atoms with Crippen LogP contribution in [0, 0.1) is 11.8 Å². The highest BCUT2D eigenvalue weighted by molar-refractivity contribution is 7.88. The lowest BCUT2D eigenvalue weighted by molar-refractivity contribution is -0.149. The van der Waals surface area contributed by atoms with Crippen molar-refractivity contribution in [2.45, 2.75) is 50.3 Å². The molecule has 5 atom stereocenters. The number of ether oxygens (including phenoxy) is 1. The van der Waals surface area contributed by atoms with Gasteiger partial charge in [-0.15, -0.1) is 0 Å². The van der Waals surface area contributed by atoms with E-state index in [9.17, 15) is 43.2 Å². The lowest BCUT2D eigenvalue weighted by atomic mass is 9.58. The maximum atomic E-state index is 13.9. The van der Waals surface area contributed by atoms with Crippen LogP contribution in [0.2, 0.25) is 0 Å². The second-order valence-corrected chi connectivity index (χ2v) is 12.9. The lowest BCUT2D eigenvalue weighted by Gasteiger charge is -2.48. The van der Waals surface area contributed by atoms with Gasteiger partial charge in [-0.1, -0.05) is 6.92 Å². The molecule has 0 radical (unpaired) electrons. The summed E-state index contributed by atoms with van der Waals surface area (Å²) in [4.78, 5) is 41.5. The molecule has 1 aliphatic heterocycles. The van der Waals surface area contributed by atoms with E-state index in [2.05, 4.69) is 9.62 Å². The minimum atomic E-state index is -4.11. The third-order valence-electron chi connectivity index (χ3n) is 8.85. The number of aliphatic hydroxyl groups is 3. The molecule has 5 rings (SSSR count). The van der Waals surface area contributed by atoms with Gasteiger partial charge < -0.3 is 30.9 Å². The van der Waals surface area contributed by atoms with Gasteiger partial charge in [-0.3, -0.25) is 19.3 Å². The van der Waals surface area contributed by atoms with E-state index in [0.29, 0.717) is 16.9 Å². The van der Waals surface area contributed by atoms with E-state index in [1.807, 2.05) is 6.92 Å². The van der Waals surface area contributed by atoms with E-state index in [1.165, 1.54) is 13.2 Å². The number of phenolic OH excluding ortho intramolecular Hbond substituents is 1. The fraction of sp³-hybridized carbons (Fsp3) is 0.519. The summed E-state index contributed by atoms with van der Waals surface area (Å²) < 4.78 is 32.2. The highest BCUT2D eigenvalue weighted by Crippen LogP contribution is 2.54. The number of nitrogens with one attached hydrogen (secondary N) is 1. The number of carbonyl (C=O) groups is 3. The van der Waals surface area contributed by atoms with Crippen LogP contribution in [0.4, 0.5) is 0 Å². The standard InChI is InChI=1S/C27H33N3O10S/c1-4-30-7-5-6-15(30)12-10-16(31)18-13(23(12)40-2)8-11-9-14-20(29-41(3,38)39)22(33)19(26(28)36)25(35)27(14,37)24(34)17(11)21(18)32/h10-11,14-15,20,29,31-32,35,37H,4-9H2,1-3H3,(H2,28,36)/t11-,14-,15-,20-,27-/m0/s1. The third kappa shape index (κ3) is 4.23. The zero-order valence-corrected chi connectivity index (χ0v) is 23.6. The Morgan fingerprint density at radius 3 is 2.54 bits per heavy atom. The Morgan fingerprint density at radius 2 is 1.95 bits per heavy atom. The summed E-state index contributed by atoms with van der Waals surface area (Å²) in [6.07, 6.45) is 2.30. The monoisotopic (exact) mass is 591 g/mol. The van der Waals surface area contributed by atoms with Gasteiger partial charge in [-0.25, -0.2) is 13.1 Å². The average Bonchev–Trinajstić information content (AvgIpc) is 3.36. The molecule has 1 heterocycles. The molecule has 41 heavy (non-hydrogen) atoms. The fourth-order valence-corrected chi connectivity index (χ4v) is 7.90. The van der Waals surface area contributed by atoms with Crippen molar-refractivity contribution >= 4 is 33.3 Å². The average molecular weight is 592 g/mol. The number of phenols is 1. The molecule has 1 aromatic carbocycles. The number of sulfonamides is 1. The number of nitrogens with two attached hydrogens (primary N) is 1. The number of likely N-dealkylation sites (tertiary alicyclic amines) is 1. The predicted octanol–water partition coefficient (Wildman–Crippen LogP) is 0.117. The Kier molecular flexibility index (Phi) is 6.96. The van der Waals surface area contributed by atoms with Gasteiger partial charge in [0.2, 0.25) is 15.8 Å². The third-order valence-corrected chi connectivity index (χ3v) is 9.53. The molecule has 14 heteroatoms. The molecule has 0 unspecified atom stereocenters. The summed E-state index contributed by atoms with van der Waals surface area (Å²) in [7, 11) is -2.65. The van der Waals surface area contributed by atoms with Crippen molar-refractivity contribution in [2.75, 3.05) is 26.5 Å². The molecule has 0 bridgehead atoms. The SMILES string of the molecule is CCN1CCC[C@H]1c1cc(O)c2c(c1OC)C[C@H]1C[C@H]3[C@H](NS(C)(=O)=O)C(=O)C(C(N)=O)=C(O)[C@@]3(O)C(=O)C1=C2O. The molecule has 1 saturated carbocycles. The number of nitrogens with zero attached hydrogens (tertiary/aromatic N) is 1. The smallest absolute Gasteiger partial charge is 0.255 e. The Morgan fingerprint density at radius 1 is 1.27 bits per heavy atom. The number of hydrogen-bond acceptors (Lipinski definition) is 11. The first-order valence-electron chi connectivity index (χ1n) is 13.3. The number of ketones is 2. The molecule has 222 valence electrons. The molecule has 0 aromatic heterocycles. The van der Waals surface area contributed by atoms with Gasteiger partial charge >= 0.3 is 0 Å². The first kappa shape index (κ1) is 29.0. The number of Topliss-reactive ketones (excluding diaryl/α,β-unsaturated/α-hetero) is 2. The number of methoxy groups -OCH3 is 1. The van der Waals surface area contributed by atoms with E-state index in [4.69, 9.17) is 10.5 Å². The molecule has 1 saturated heterocycles. The number of rotatable bonds is 6. The first-order chi connectivity index (χ1) is 19.2. The van der Waals surface area contributed by atoms with E-state index < -0.39 is 68.1 Å². The molecule has 1 amide bonds. The summed E-state index contributed by atoms with van der Waals surface area (Å²) in [6.45, 7) is 3.66. The van der Waals surface area contributed by atoms with Crippen molar-refractivity contribution in [3.63, 3.8) is 0 Å². The summed E-state index contributed by atoms with van der Waals surface area (Å²) >= 11 is 0. The quantitative estimate of drug-likeness (QED) is 0.244. The summed E-state index contributed by atoms with van der Waals surface area (Å²) in [6, 6.07) is -0.363. The van der Waals surface area contributed by atoms with Crippen LogP contribution in [0.25, 0.3) is 5.76 Å². The molecular weight excluding hydrogens is 558 g/mol. The van der Waals surface area contributed by atoms with Gasteiger partial charge in [-0.2, -0.15) is 0 Å². The number of aromatic hydroxyl groups is 1. The topological polar surface area (TPSA) is 217 Å². The molecule has 2 fully saturated rings. The highest BCUT2D eigenvalue weighted by atomic mass is 32.2. The zero-order valence-electron chi connectivity index (χ0n) is 22.8. The first-order valence-corrected chi connectivity index (χ1v) is 15.2. The van der Waals surface area contributed by atoms with Crippen molar-refractivity contribution in [3.05, 3.63) is 39.7 Å². The summed E-state index contributed by atoms with van der Waals surface area (Å²) in [5.74, 6) is -8.14. The van der Waals surface area contributed by atoms with Crippen molar-refractivity contribution in [1.82, 2.24) is 9.62 Å². The molecule has 1 aromatic rings. The second-order valence-electron chi connectivity index (χ2n) is 11.1. The number of primary amides is 1. The number of amides is 1. The summed E-state index contributed by atoms with van der Waals surface area (Å²) in [5.41, 5.74) is 1.94. The zero-order chi connectivity index (χ0) is 30.2. The molecule has 3 aliphatic carbocycles. The van der Waals surface area contributed by atoms with Crippen LogP contribution in [0.1, 0.15) is 48.9 Å². The maximum absolute atomic E-state index is 13.9. The van der Waals surface area contributed by atoms with Crippen molar-refractivity contribution in [3.8, 4) is 11.5 Å². The van der Waals surface area contributed by atoms with Crippen LogP contribution in [0.15, 0.2) is 23.0 Å². The van der Waals surface area contributed by atoms with Gasteiger partial charge in [0.25, 0.3) is 5.91 Å². The number of carbonyl (C=O) groups excluding carboxylic acids is 3. The number of hydrogen-bond donors (Lipinski definition) is 6. The van der Waals surface area contributed by atoms with Gasteiger partial charge in [0.15, 0.2) is 11.4 Å². The van der Waals surface area contributed by atoms with E-state index >= 15 is 0 Å². The van der Waals surface area contributed by atoms with Crippen LogP contribution < -0.4 is 15.2 Å². The molecule has 13 nitrogen and oxygen atoms in total. The predicted molar refractivity (Wildman–Crippen MR) is 144 cm³/mol. The van der Waals surface area contributed by atoms with Gasteiger partial charge in [-0.05, 0) is 50.8 Å². The van der Waals surface area contributed by atoms with Crippen LogP contribution in [-0.2, 0) is 30.8 Å². The summed E-state index contributed by atoms with van der Waals surface area (Å²) in [5, 5.41) is 45.1. The minimum Gasteiger partial charge on any atom is -0.508 e. The number of benzene rings is 1.